The van der Waals surface area contributed by atoms with Crippen molar-refractivity contribution in [3.8, 4) is 0 Å². The van der Waals surface area contributed by atoms with Gasteiger partial charge >= 0.3 is 0 Å². The number of piperazine rings is 1. The van der Waals surface area contributed by atoms with E-state index < -0.39 is 0 Å². The minimum absolute atomic E-state index is 0.256. The molecule has 0 aromatic rings. The lowest BCUT2D eigenvalue weighted by Gasteiger charge is -2.35. The van der Waals surface area contributed by atoms with Crippen molar-refractivity contribution in [2.45, 2.75) is 26.7 Å². The molecule has 1 heterocycles. The molecular weight excluding hydrogens is 204 g/mol. The molecule has 1 amide bonds. The van der Waals surface area contributed by atoms with Crippen LogP contribution in [0, 0.1) is 5.92 Å². The summed E-state index contributed by atoms with van der Waals surface area (Å²) in [5, 5.41) is 8.75. The summed E-state index contributed by atoms with van der Waals surface area (Å²) in [5.74, 6) is 0.733. The molecule has 0 saturated carbocycles. The molecule has 0 bridgehead atoms. The minimum Gasteiger partial charge on any atom is -0.396 e. The van der Waals surface area contributed by atoms with Gasteiger partial charge in [0.15, 0.2) is 0 Å². The number of rotatable bonds is 5. The Kier molecular flexibility index (Phi) is 5.77. The second-order valence-corrected chi connectivity index (χ2v) is 4.90. The zero-order chi connectivity index (χ0) is 12.0. The number of hydrogen-bond donors (Lipinski definition) is 1. The van der Waals surface area contributed by atoms with E-state index in [0.29, 0.717) is 12.3 Å². The molecule has 0 unspecified atom stereocenters. The minimum atomic E-state index is 0.256. The molecule has 0 radical (unpaired) electrons. The number of amides is 1. The van der Waals surface area contributed by atoms with Crippen molar-refractivity contribution in [3.63, 3.8) is 0 Å². The molecule has 1 fully saturated rings. The molecule has 0 aliphatic carbocycles. The number of aliphatic hydroxyl groups excluding tert-OH is 1. The Morgan fingerprint density at radius 2 is 1.88 bits per heavy atom. The molecule has 1 rings (SSSR count). The molecule has 0 spiro atoms. The summed E-state index contributed by atoms with van der Waals surface area (Å²) >= 11 is 0. The van der Waals surface area contributed by atoms with Crippen LogP contribution in [0.2, 0.25) is 0 Å². The second kappa shape index (κ2) is 6.86. The maximum Gasteiger partial charge on any atom is 0.222 e. The molecule has 1 aliphatic heterocycles. The van der Waals surface area contributed by atoms with Crippen molar-refractivity contribution in [2.24, 2.45) is 5.92 Å². The van der Waals surface area contributed by atoms with Gasteiger partial charge in [0, 0.05) is 45.8 Å². The molecule has 1 saturated heterocycles. The van der Waals surface area contributed by atoms with Gasteiger partial charge in [0.05, 0.1) is 0 Å². The average Bonchev–Trinajstić information content (AvgIpc) is 2.26. The van der Waals surface area contributed by atoms with E-state index in [9.17, 15) is 4.79 Å². The van der Waals surface area contributed by atoms with E-state index in [2.05, 4.69) is 18.7 Å². The second-order valence-electron chi connectivity index (χ2n) is 4.90. The summed E-state index contributed by atoms with van der Waals surface area (Å²) in [5.41, 5.74) is 0. The van der Waals surface area contributed by atoms with Crippen LogP contribution in [-0.2, 0) is 4.79 Å². The Balaban J connectivity index is 2.23. The molecular formula is C12H24N2O2. The predicted octanol–water partition coefficient (Wildman–Crippen LogP) is 0.559. The van der Waals surface area contributed by atoms with Crippen molar-refractivity contribution in [1.82, 2.24) is 9.80 Å². The Bertz CT molecular complexity index is 211. The third-order valence-corrected chi connectivity index (χ3v) is 2.94. The summed E-state index contributed by atoms with van der Waals surface area (Å²) in [6.45, 7) is 8.95. The summed E-state index contributed by atoms with van der Waals surface area (Å²) in [7, 11) is 0. The first kappa shape index (κ1) is 13.5. The van der Waals surface area contributed by atoms with Crippen molar-refractivity contribution >= 4 is 5.91 Å². The molecule has 0 atom stereocenters. The Labute approximate surface area is 98.2 Å². The van der Waals surface area contributed by atoms with Gasteiger partial charge in [-0.15, -0.1) is 0 Å². The Morgan fingerprint density at radius 1 is 1.25 bits per heavy atom. The zero-order valence-electron chi connectivity index (χ0n) is 10.5. The van der Waals surface area contributed by atoms with E-state index >= 15 is 0 Å². The van der Waals surface area contributed by atoms with Crippen LogP contribution in [-0.4, -0.2) is 60.1 Å². The lowest BCUT2D eigenvalue weighted by atomic mass is 10.1. The first-order valence-corrected chi connectivity index (χ1v) is 6.24. The van der Waals surface area contributed by atoms with Gasteiger partial charge < -0.3 is 10.0 Å². The van der Waals surface area contributed by atoms with Gasteiger partial charge in [-0.2, -0.15) is 0 Å². The fraction of sp³-hybridized carbons (Fsp3) is 0.917. The number of nitrogens with zero attached hydrogens (tertiary/aromatic N) is 2. The highest BCUT2D eigenvalue weighted by Crippen LogP contribution is 2.08. The van der Waals surface area contributed by atoms with Crippen molar-refractivity contribution in [3.05, 3.63) is 0 Å². The molecule has 1 N–H and O–H groups in total. The summed E-state index contributed by atoms with van der Waals surface area (Å²) in [6.07, 6.45) is 1.50. The summed E-state index contributed by atoms with van der Waals surface area (Å²) in [6, 6.07) is 0. The van der Waals surface area contributed by atoms with Crippen LogP contribution in [0.1, 0.15) is 26.7 Å². The van der Waals surface area contributed by atoms with Crippen LogP contribution < -0.4 is 0 Å². The third-order valence-electron chi connectivity index (χ3n) is 2.94. The van der Waals surface area contributed by atoms with Gasteiger partial charge in [0.25, 0.3) is 0 Å². The van der Waals surface area contributed by atoms with E-state index in [1.54, 1.807) is 0 Å². The van der Waals surface area contributed by atoms with E-state index in [4.69, 9.17) is 5.11 Å². The smallest absolute Gasteiger partial charge is 0.222 e. The molecule has 0 aromatic carbocycles. The van der Waals surface area contributed by atoms with Crippen molar-refractivity contribution in [1.29, 1.82) is 0 Å². The van der Waals surface area contributed by atoms with Crippen molar-refractivity contribution in [2.75, 3.05) is 39.3 Å². The Morgan fingerprint density at radius 3 is 2.38 bits per heavy atom. The highest BCUT2D eigenvalue weighted by molar-refractivity contribution is 5.76. The monoisotopic (exact) mass is 228 g/mol. The average molecular weight is 228 g/mol. The number of carbonyl (C=O) groups excluding carboxylic acids is 1. The maximum absolute atomic E-state index is 11.8. The third kappa shape index (κ3) is 4.49. The molecule has 1 aliphatic rings. The normalized spacial score (nSPS) is 18.1. The van der Waals surface area contributed by atoms with Gasteiger partial charge in [-0.05, 0) is 12.3 Å². The van der Waals surface area contributed by atoms with Gasteiger partial charge in [0.1, 0.15) is 0 Å². The first-order chi connectivity index (χ1) is 7.63. The van der Waals surface area contributed by atoms with Crippen molar-refractivity contribution < 1.29 is 9.90 Å². The maximum atomic E-state index is 11.8. The quantitative estimate of drug-likeness (QED) is 0.748. The lowest BCUT2D eigenvalue weighted by molar-refractivity contribution is -0.133. The van der Waals surface area contributed by atoms with E-state index in [-0.39, 0.29) is 12.5 Å². The SMILES string of the molecule is CC(C)CC(=O)N1CCN(CCCO)CC1. The summed E-state index contributed by atoms with van der Waals surface area (Å²) in [4.78, 5) is 16.1. The molecule has 94 valence electrons. The fourth-order valence-electron chi connectivity index (χ4n) is 1.99. The van der Waals surface area contributed by atoms with E-state index in [1.165, 1.54) is 0 Å². The number of carbonyl (C=O) groups is 1. The van der Waals surface area contributed by atoms with Gasteiger partial charge in [-0.3, -0.25) is 9.69 Å². The standard InChI is InChI=1S/C12H24N2O2/c1-11(2)10-12(16)14-7-5-13(6-8-14)4-3-9-15/h11,15H,3-10H2,1-2H3. The van der Waals surface area contributed by atoms with Crippen LogP contribution in [0.3, 0.4) is 0 Å². The predicted molar refractivity (Wildman–Crippen MR) is 64.2 cm³/mol. The topological polar surface area (TPSA) is 43.8 Å². The molecule has 4 nitrogen and oxygen atoms in total. The van der Waals surface area contributed by atoms with Gasteiger partial charge in [-0.1, -0.05) is 13.8 Å². The zero-order valence-corrected chi connectivity index (χ0v) is 10.5. The van der Waals surface area contributed by atoms with Crippen LogP contribution in [0.15, 0.2) is 0 Å². The highest BCUT2D eigenvalue weighted by atomic mass is 16.3. The van der Waals surface area contributed by atoms with Crippen LogP contribution in [0.5, 0.6) is 0 Å². The van der Waals surface area contributed by atoms with Crippen LogP contribution in [0.25, 0.3) is 0 Å². The number of aliphatic hydroxyl groups is 1. The Hall–Kier alpha value is -0.610. The number of hydrogen-bond acceptors (Lipinski definition) is 3. The molecule has 0 aromatic heterocycles. The highest BCUT2D eigenvalue weighted by Gasteiger charge is 2.20. The lowest BCUT2D eigenvalue weighted by Crippen LogP contribution is -2.49. The first-order valence-electron chi connectivity index (χ1n) is 6.24. The largest absolute Gasteiger partial charge is 0.396 e. The van der Waals surface area contributed by atoms with E-state index in [0.717, 1.165) is 39.1 Å². The van der Waals surface area contributed by atoms with E-state index in [1.807, 2.05) is 4.90 Å². The molecule has 4 heteroatoms. The van der Waals surface area contributed by atoms with Gasteiger partial charge in [0.2, 0.25) is 5.91 Å². The fourth-order valence-corrected chi connectivity index (χ4v) is 1.99. The van der Waals surface area contributed by atoms with Gasteiger partial charge in [-0.25, -0.2) is 0 Å². The summed E-state index contributed by atoms with van der Waals surface area (Å²) < 4.78 is 0. The van der Waals surface area contributed by atoms with Crippen LogP contribution >= 0.6 is 0 Å². The molecule has 16 heavy (non-hydrogen) atoms. The van der Waals surface area contributed by atoms with Crippen LogP contribution in [0.4, 0.5) is 0 Å².